The predicted molar refractivity (Wildman–Crippen MR) is 69.7 cm³/mol. The van der Waals surface area contributed by atoms with E-state index >= 15 is 0 Å². The fourth-order valence-corrected chi connectivity index (χ4v) is 1.49. The van der Waals surface area contributed by atoms with Crippen molar-refractivity contribution in [3.63, 3.8) is 0 Å². The molecule has 0 spiro atoms. The molecular weight excluding hydrogens is 232 g/mol. The Labute approximate surface area is 107 Å². The molecule has 0 atom stereocenters. The molecule has 0 bridgehead atoms. The number of amides is 1. The number of pyridine rings is 1. The molecule has 1 rings (SSSR count). The number of carbonyl (C=O) groups is 1. The van der Waals surface area contributed by atoms with Gasteiger partial charge in [0.15, 0.2) is 0 Å². The van der Waals surface area contributed by atoms with Crippen molar-refractivity contribution < 1.29 is 9.53 Å². The molecule has 1 amide bonds. The summed E-state index contributed by atoms with van der Waals surface area (Å²) in [6.07, 6.45) is -0.468. The van der Waals surface area contributed by atoms with Crippen LogP contribution in [0.2, 0.25) is 0 Å². The lowest BCUT2D eigenvalue weighted by molar-refractivity contribution is 0.0526. The summed E-state index contributed by atoms with van der Waals surface area (Å²) >= 11 is 0. The van der Waals surface area contributed by atoms with Gasteiger partial charge in [0, 0.05) is 24.8 Å². The minimum atomic E-state index is -0.510. The minimum absolute atomic E-state index is 0.0685. The maximum absolute atomic E-state index is 11.6. The van der Waals surface area contributed by atoms with Crippen LogP contribution in [-0.4, -0.2) is 22.8 Å². The molecule has 0 unspecified atom stereocenters. The van der Waals surface area contributed by atoms with Gasteiger partial charge in [-0.15, -0.1) is 0 Å². The summed E-state index contributed by atoms with van der Waals surface area (Å²) in [6.45, 7) is 8.06. The van der Waals surface area contributed by atoms with Crippen LogP contribution < -0.4 is 10.9 Å². The first kappa shape index (κ1) is 14.3. The average Bonchev–Trinajstić information content (AvgIpc) is 2.19. The van der Waals surface area contributed by atoms with Gasteiger partial charge >= 0.3 is 6.09 Å². The van der Waals surface area contributed by atoms with Crippen LogP contribution in [0.4, 0.5) is 4.79 Å². The van der Waals surface area contributed by atoms with E-state index in [9.17, 15) is 9.59 Å². The molecule has 1 aromatic rings. The van der Waals surface area contributed by atoms with Crippen LogP contribution in [0.1, 0.15) is 26.5 Å². The number of hydrogen-bond acceptors (Lipinski definition) is 3. The third-order valence-electron chi connectivity index (χ3n) is 2.27. The van der Waals surface area contributed by atoms with Crippen LogP contribution in [0.3, 0.4) is 0 Å². The zero-order chi connectivity index (χ0) is 13.8. The molecule has 5 heteroatoms. The highest BCUT2D eigenvalue weighted by atomic mass is 16.6. The Morgan fingerprint density at radius 1 is 1.39 bits per heavy atom. The second-order valence-corrected chi connectivity index (χ2v) is 5.09. The van der Waals surface area contributed by atoms with Gasteiger partial charge in [0.2, 0.25) is 0 Å². The first-order valence-electron chi connectivity index (χ1n) is 5.93. The van der Waals surface area contributed by atoms with Gasteiger partial charge in [-0.3, -0.25) is 4.79 Å². The van der Waals surface area contributed by atoms with E-state index < -0.39 is 11.7 Å². The van der Waals surface area contributed by atoms with Crippen LogP contribution in [-0.2, 0) is 11.3 Å². The molecule has 0 fully saturated rings. The first-order valence-corrected chi connectivity index (χ1v) is 5.93. The smallest absolute Gasteiger partial charge is 0.407 e. The zero-order valence-electron chi connectivity index (χ0n) is 11.3. The van der Waals surface area contributed by atoms with Crippen molar-refractivity contribution >= 4 is 6.09 Å². The molecule has 0 aliphatic rings. The van der Waals surface area contributed by atoms with E-state index in [2.05, 4.69) is 5.32 Å². The number of carbonyl (C=O) groups excluding carboxylic acids is 1. The standard InChI is InChI=1S/C13H20N2O3/c1-10-6-5-7-11(16)15(10)9-8-14-12(17)18-13(2,3)4/h5-7H,8-9H2,1-4H3,(H,14,17). The molecule has 0 aliphatic heterocycles. The van der Waals surface area contributed by atoms with E-state index in [1.54, 1.807) is 31.4 Å². The van der Waals surface area contributed by atoms with Crippen LogP contribution in [0, 0.1) is 6.92 Å². The molecule has 100 valence electrons. The lowest BCUT2D eigenvalue weighted by Gasteiger charge is -2.19. The highest BCUT2D eigenvalue weighted by Gasteiger charge is 2.15. The van der Waals surface area contributed by atoms with Crippen molar-refractivity contribution in [3.8, 4) is 0 Å². The number of hydrogen-bond donors (Lipinski definition) is 1. The highest BCUT2D eigenvalue weighted by Crippen LogP contribution is 2.06. The third kappa shape index (κ3) is 4.61. The average molecular weight is 252 g/mol. The monoisotopic (exact) mass is 252 g/mol. The van der Waals surface area contributed by atoms with Gasteiger partial charge < -0.3 is 14.6 Å². The predicted octanol–water partition coefficient (Wildman–Crippen LogP) is 1.68. The Bertz CT molecular complexity index is 472. The molecule has 0 aromatic carbocycles. The van der Waals surface area contributed by atoms with Crippen molar-refractivity contribution in [2.24, 2.45) is 0 Å². The molecule has 0 saturated carbocycles. The molecule has 1 aromatic heterocycles. The maximum atomic E-state index is 11.6. The minimum Gasteiger partial charge on any atom is -0.444 e. The molecule has 18 heavy (non-hydrogen) atoms. The summed E-state index contributed by atoms with van der Waals surface area (Å²) in [4.78, 5) is 23.0. The number of nitrogens with zero attached hydrogens (tertiary/aromatic N) is 1. The van der Waals surface area contributed by atoms with Gasteiger partial charge in [0.1, 0.15) is 5.60 Å². The topological polar surface area (TPSA) is 60.3 Å². The second kappa shape index (κ2) is 5.71. The first-order chi connectivity index (χ1) is 8.29. The second-order valence-electron chi connectivity index (χ2n) is 5.09. The van der Waals surface area contributed by atoms with Crippen LogP contribution in [0.15, 0.2) is 23.0 Å². The molecule has 0 aliphatic carbocycles. The molecule has 5 nitrogen and oxygen atoms in total. The van der Waals surface area contributed by atoms with Crippen molar-refractivity contribution in [1.29, 1.82) is 0 Å². The largest absolute Gasteiger partial charge is 0.444 e. The van der Waals surface area contributed by atoms with E-state index in [0.29, 0.717) is 13.1 Å². The Morgan fingerprint density at radius 3 is 2.61 bits per heavy atom. The number of nitrogens with one attached hydrogen (secondary N) is 1. The van der Waals surface area contributed by atoms with Gasteiger partial charge in [-0.2, -0.15) is 0 Å². The number of alkyl carbamates (subject to hydrolysis) is 1. The van der Waals surface area contributed by atoms with E-state index in [1.165, 1.54) is 6.07 Å². The van der Waals surface area contributed by atoms with Crippen LogP contribution in [0.5, 0.6) is 0 Å². The Kier molecular flexibility index (Phi) is 4.53. The Morgan fingerprint density at radius 2 is 2.06 bits per heavy atom. The van der Waals surface area contributed by atoms with Crippen molar-refractivity contribution in [2.75, 3.05) is 6.54 Å². The van der Waals surface area contributed by atoms with Crippen molar-refractivity contribution in [3.05, 3.63) is 34.2 Å². The third-order valence-corrected chi connectivity index (χ3v) is 2.27. The number of aromatic nitrogens is 1. The number of aryl methyl sites for hydroxylation is 1. The van der Waals surface area contributed by atoms with E-state index in [4.69, 9.17) is 4.74 Å². The number of ether oxygens (including phenoxy) is 1. The molecule has 0 radical (unpaired) electrons. The SMILES string of the molecule is Cc1cccc(=O)n1CCNC(=O)OC(C)(C)C. The van der Waals surface area contributed by atoms with Gasteiger partial charge in [-0.05, 0) is 33.8 Å². The normalized spacial score (nSPS) is 11.1. The summed E-state index contributed by atoms with van der Waals surface area (Å²) in [5.41, 5.74) is 0.290. The summed E-state index contributed by atoms with van der Waals surface area (Å²) in [5.74, 6) is 0. The van der Waals surface area contributed by atoms with Crippen LogP contribution >= 0.6 is 0 Å². The van der Waals surface area contributed by atoms with Crippen molar-refractivity contribution in [1.82, 2.24) is 9.88 Å². The Hall–Kier alpha value is -1.78. The number of rotatable bonds is 3. The molecule has 1 heterocycles. The van der Waals surface area contributed by atoms with Crippen molar-refractivity contribution in [2.45, 2.75) is 39.8 Å². The van der Waals surface area contributed by atoms with E-state index in [0.717, 1.165) is 5.69 Å². The van der Waals surface area contributed by atoms with Gasteiger partial charge in [0.05, 0.1) is 0 Å². The fraction of sp³-hybridized carbons (Fsp3) is 0.538. The highest BCUT2D eigenvalue weighted by molar-refractivity contribution is 5.67. The van der Waals surface area contributed by atoms with Gasteiger partial charge in [-0.25, -0.2) is 4.79 Å². The van der Waals surface area contributed by atoms with Crippen LogP contribution in [0.25, 0.3) is 0 Å². The van der Waals surface area contributed by atoms with E-state index in [-0.39, 0.29) is 5.56 Å². The summed E-state index contributed by atoms with van der Waals surface area (Å²) in [7, 11) is 0. The summed E-state index contributed by atoms with van der Waals surface area (Å²) in [5, 5.41) is 2.62. The quantitative estimate of drug-likeness (QED) is 0.890. The Balaban J connectivity index is 2.48. The summed E-state index contributed by atoms with van der Waals surface area (Å²) in [6, 6.07) is 5.07. The molecule has 0 saturated heterocycles. The molecular formula is C13H20N2O3. The summed E-state index contributed by atoms with van der Waals surface area (Å²) < 4.78 is 6.71. The molecule has 1 N–H and O–H groups in total. The van der Waals surface area contributed by atoms with Gasteiger partial charge in [0.25, 0.3) is 5.56 Å². The fourth-order valence-electron chi connectivity index (χ4n) is 1.49. The maximum Gasteiger partial charge on any atom is 0.407 e. The lowest BCUT2D eigenvalue weighted by atomic mass is 10.2. The lowest BCUT2D eigenvalue weighted by Crippen LogP contribution is -2.35. The van der Waals surface area contributed by atoms with E-state index in [1.807, 2.05) is 13.0 Å². The zero-order valence-corrected chi connectivity index (χ0v) is 11.3. The van der Waals surface area contributed by atoms with Gasteiger partial charge in [-0.1, -0.05) is 6.07 Å².